The lowest BCUT2D eigenvalue weighted by Crippen LogP contribution is -2.39. The molecule has 4 heterocycles. The first-order valence-electron chi connectivity index (χ1n) is 12.8. The highest BCUT2D eigenvalue weighted by Crippen LogP contribution is 2.47. The fourth-order valence-electron chi connectivity index (χ4n) is 5.53. The van der Waals surface area contributed by atoms with Crippen molar-refractivity contribution < 1.29 is 36.2 Å². The van der Waals surface area contributed by atoms with Crippen LogP contribution in [0.3, 0.4) is 0 Å². The standard InChI is InChI=1S/C27H25F3N4O5S/c28-27(29,30)18-10-11-22(33-24(18)17-5-2-1-4-16(17)15-8-9-15)34-40(37,38)23-7-3-6-21(32-23)31-19-14-26(25(35)36)13-12-20(19)39-26/h1-7,10-11,15,19-20H,8-9,12-14H2,(H,31,32)(H,33,34)(H,35,36)/t19-,20+,26-/m1/s1. The van der Waals surface area contributed by atoms with Gasteiger partial charge in [-0.05, 0) is 61.4 Å². The fourth-order valence-corrected chi connectivity index (χ4v) is 6.50. The summed E-state index contributed by atoms with van der Waals surface area (Å²) in [5.74, 6) is -0.969. The third-order valence-corrected chi connectivity index (χ3v) is 8.86. The summed E-state index contributed by atoms with van der Waals surface area (Å²) in [6, 6.07) is 12.4. The molecule has 0 unspecified atom stereocenters. The summed E-state index contributed by atoms with van der Waals surface area (Å²) < 4.78 is 76.1. The van der Waals surface area contributed by atoms with E-state index in [0.29, 0.717) is 18.4 Å². The quantitative estimate of drug-likeness (QED) is 0.342. The van der Waals surface area contributed by atoms with Crippen molar-refractivity contribution in [3.05, 3.63) is 65.7 Å². The van der Waals surface area contributed by atoms with Gasteiger partial charge in [0, 0.05) is 12.0 Å². The molecule has 2 saturated heterocycles. The number of nitrogens with zero attached hydrogens (tertiary/aromatic N) is 2. The van der Waals surface area contributed by atoms with E-state index in [1.165, 1.54) is 12.1 Å². The second-order valence-electron chi connectivity index (χ2n) is 10.4. The number of sulfonamides is 1. The molecule has 3 aliphatic rings. The number of benzene rings is 1. The number of aromatic nitrogens is 2. The molecule has 6 rings (SSSR count). The molecule has 3 fully saturated rings. The van der Waals surface area contributed by atoms with Gasteiger partial charge in [0.25, 0.3) is 10.0 Å². The number of aliphatic carboxylic acids is 1. The molecule has 3 atom stereocenters. The van der Waals surface area contributed by atoms with Gasteiger partial charge in [-0.15, -0.1) is 0 Å². The molecule has 9 nitrogen and oxygen atoms in total. The van der Waals surface area contributed by atoms with Gasteiger partial charge in [0.05, 0.1) is 23.4 Å². The van der Waals surface area contributed by atoms with E-state index in [2.05, 4.69) is 20.0 Å². The van der Waals surface area contributed by atoms with Crippen molar-refractivity contribution in [3.8, 4) is 11.3 Å². The molecule has 0 spiro atoms. The Bertz CT molecular complexity index is 1590. The molecule has 1 saturated carbocycles. The van der Waals surface area contributed by atoms with Crippen LogP contribution in [0.5, 0.6) is 0 Å². The minimum Gasteiger partial charge on any atom is -0.479 e. The first-order valence-corrected chi connectivity index (χ1v) is 14.3. The van der Waals surface area contributed by atoms with Crippen LogP contribution in [0, 0.1) is 0 Å². The molecular weight excluding hydrogens is 549 g/mol. The van der Waals surface area contributed by atoms with Crippen molar-refractivity contribution in [2.75, 3.05) is 10.0 Å². The summed E-state index contributed by atoms with van der Waals surface area (Å²) in [4.78, 5) is 19.9. The first-order chi connectivity index (χ1) is 19.0. The zero-order valence-electron chi connectivity index (χ0n) is 21.0. The van der Waals surface area contributed by atoms with Crippen LogP contribution in [0.2, 0.25) is 0 Å². The molecule has 210 valence electrons. The van der Waals surface area contributed by atoms with Crippen molar-refractivity contribution in [2.45, 2.75) is 67.0 Å². The van der Waals surface area contributed by atoms with Crippen LogP contribution in [0.4, 0.5) is 24.8 Å². The second-order valence-corrected chi connectivity index (χ2v) is 12.0. The minimum atomic E-state index is -4.69. The predicted octanol–water partition coefficient (Wildman–Crippen LogP) is 5.03. The van der Waals surface area contributed by atoms with E-state index in [9.17, 15) is 31.5 Å². The smallest absolute Gasteiger partial charge is 0.418 e. The Balaban J connectivity index is 1.27. The summed E-state index contributed by atoms with van der Waals surface area (Å²) in [6.45, 7) is 0. The van der Waals surface area contributed by atoms with Crippen molar-refractivity contribution in [2.24, 2.45) is 0 Å². The molecule has 2 aromatic heterocycles. The van der Waals surface area contributed by atoms with Crippen LogP contribution in [0.1, 0.15) is 49.1 Å². The Morgan fingerprint density at radius 1 is 1.00 bits per heavy atom. The van der Waals surface area contributed by atoms with Crippen LogP contribution in [0.15, 0.2) is 59.6 Å². The maximum atomic E-state index is 13.9. The number of anilines is 2. The number of fused-ring (bicyclic) bond motifs is 2. The van der Waals surface area contributed by atoms with E-state index < -0.39 is 33.3 Å². The second kappa shape index (κ2) is 9.44. The minimum absolute atomic E-state index is 0.143. The van der Waals surface area contributed by atoms with Gasteiger partial charge in [-0.25, -0.2) is 14.8 Å². The molecule has 2 aliphatic heterocycles. The number of carbonyl (C=O) groups is 1. The van der Waals surface area contributed by atoms with Gasteiger partial charge < -0.3 is 15.2 Å². The van der Waals surface area contributed by atoms with Crippen LogP contribution in [-0.2, 0) is 25.7 Å². The van der Waals surface area contributed by atoms with E-state index in [1.54, 1.807) is 30.3 Å². The van der Waals surface area contributed by atoms with Gasteiger partial charge in [-0.3, -0.25) is 4.72 Å². The number of carboxylic acid groups (broad SMARTS) is 1. The number of alkyl halides is 3. The van der Waals surface area contributed by atoms with E-state index in [-0.39, 0.29) is 46.8 Å². The van der Waals surface area contributed by atoms with Crippen molar-refractivity contribution >= 4 is 27.6 Å². The largest absolute Gasteiger partial charge is 0.479 e. The summed E-state index contributed by atoms with van der Waals surface area (Å²) in [7, 11) is -4.34. The maximum absolute atomic E-state index is 13.9. The molecule has 2 bridgehead atoms. The third-order valence-electron chi connectivity index (χ3n) is 7.60. The Morgan fingerprint density at radius 3 is 2.48 bits per heavy atom. The van der Waals surface area contributed by atoms with E-state index in [0.717, 1.165) is 30.5 Å². The SMILES string of the molecule is O=C(O)[C@]12CC[C@H](O1)[C@H](Nc1cccc(S(=O)(=O)Nc3ccc(C(F)(F)F)c(-c4ccccc4C4CC4)n3)n1)C2. The van der Waals surface area contributed by atoms with Gasteiger partial charge in [0.2, 0.25) is 0 Å². The van der Waals surface area contributed by atoms with Crippen LogP contribution in [0.25, 0.3) is 11.3 Å². The molecule has 1 aromatic carbocycles. The summed E-state index contributed by atoms with van der Waals surface area (Å²) >= 11 is 0. The Hall–Kier alpha value is -3.71. The Labute approximate surface area is 227 Å². The van der Waals surface area contributed by atoms with Gasteiger partial charge in [-0.1, -0.05) is 30.3 Å². The monoisotopic (exact) mass is 574 g/mol. The van der Waals surface area contributed by atoms with Crippen molar-refractivity contribution in [1.82, 2.24) is 9.97 Å². The normalized spacial score (nSPS) is 24.2. The van der Waals surface area contributed by atoms with Crippen molar-refractivity contribution in [1.29, 1.82) is 0 Å². The number of nitrogens with one attached hydrogen (secondary N) is 2. The Kier molecular flexibility index (Phi) is 6.26. The molecule has 3 aromatic rings. The van der Waals surface area contributed by atoms with Gasteiger partial charge in [-0.2, -0.15) is 21.6 Å². The number of carboxylic acids is 1. The summed E-state index contributed by atoms with van der Waals surface area (Å²) in [6.07, 6.45) is -2.13. The lowest BCUT2D eigenvalue weighted by molar-refractivity contribution is -0.158. The maximum Gasteiger partial charge on any atom is 0.418 e. The summed E-state index contributed by atoms with van der Waals surface area (Å²) in [5, 5.41) is 12.2. The highest BCUT2D eigenvalue weighted by Gasteiger charge is 2.57. The number of hydrogen-bond acceptors (Lipinski definition) is 7. The van der Waals surface area contributed by atoms with E-state index in [4.69, 9.17) is 4.74 Å². The first kappa shape index (κ1) is 26.5. The van der Waals surface area contributed by atoms with E-state index >= 15 is 0 Å². The fraction of sp³-hybridized carbons (Fsp3) is 0.370. The van der Waals surface area contributed by atoms with Gasteiger partial charge in [0.1, 0.15) is 11.6 Å². The average molecular weight is 575 g/mol. The summed E-state index contributed by atoms with van der Waals surface area (Å²) in [5.41, 5.74) is -1.50. The molecule has 3 N–H and O–H groups in total. The molecule has 1 aliphatic carbocycles. The number of halogens is 3. The lowest BCUT2D eigenvalue weighted by Gasteiger charge is -2.24. The zero-order valence-corrected chi connectivity index (χ0v) is 21.8. The van der Waals surface area contributed by atoms with Crippen molar-refractivity contribution in [3.63, 3.8) is 0 Å². The molecule has 0 radical (unpaired) electrons. The number of rotatable bonds is 8. The Morgan fingerprint density at radius 2 is 1.77 bits per heavy atom. The van der Waals surface area contributed by atoms with Gasteiger partial charge >= 0.3 is 12.1 Å². The van der Waals surface area contributed by atoms with E-state index in [1.807, 2.05) is 0 Å². The number of hydrogen-bond donors (Lipinski definition) is 3. The molecule has 40 heavy (non-hydrogen) atoms. The predicted molar refractivity (Wildman–Crippen MR) is 138 cm³/mol. The highest BCUT2D eigenvalue weighted by atomic mass is 32.2. The topological polar surface area (TPSA) is 131 Å². The molecule has 13 heteroatoms. The lowest BCUT2D eigenvalue weighted by atomic mass is 9.85. The van der Waals surface area contributed by atoms with Crippen LogP contribution in [-0.4, -0.2) is 47.2 Å². The van der Waals surface area contributed by atoms with Crippen LogP contribution < -0.4 is 10.0 Å². The zero-order chi connectivity index (χ0) is 28.3. The highest BCUT2D eigenvalue weighted by molar-refractivity contribution is 7.92. The van der Waals surface area contributed by atoms with Crippen LogP contribution >= 0.6 is 0 Å². The average Bonchev–Trinajstić information content (AvgIpc) is 3.58. The molecule has 0 amide bonds. The molecular formula is C27H25F3N4O5S. The van der Waals surface area contributed by atoms with Gasteiger partial charge in [0.15, 0.2) is 10.6 Å². The third kappa shape index (κ3) is 4.87. The number of pyridine rings is 2. The number of ether oxygens (including phenoxy) is 1.